The maximum atomic E-state index is 6.11. The molecule has 0 aromatic heterocycles. The zero-order chi connectivity index (χ0) is 10.7. The van der Waals surface area contributed by atoms with Crippen LogP contribution in [0.1, 0.15) is 58.3 Å². The van der Waals surface area contributed by atoms with Gasteiger partial charge in [0, 0.05) is 5.92 Å². The molecule has 0 amide bonds. The molecule has 2 aliphatic rings. The molecule has 0 aromatic rings. The summed E-state index contributed by atoms with van der Waals surface area (Å²) in [4.78, 5) is 4.76. The van der Waals surface area contributed by atoms with Crippen LogP contribution in [0.4, 0.5) is 0 Å². The molecule has 2 N–H and O–H groups in total. The molecule has 2 fully saturated rings. The van der Waals surface area contributed by atoms with Crippen molar-refractivity contribution < 1.29 is 0 Å². The Bertz CT molecular complexity index is 229. The van der Waals surface area contributed by atoms with Crippen LogP contribution in [-0.2, 0) is 0 Å². The molecule has 0 aliphatic heterocycles. The zero-order valence-corrected chi connectivity index (χ0v) is 9.91. The third kappa shape index (κ3) is 2.96. The third-order valence-corrected chi connectivity index (χ3v) is 4.01. The highest BCUT2D eigenvalue weighted by atomic mass is 14.9. The summed E-state index contributed by atoms with van der Waals surface area (Å²) in [5.74, 6) is 2.43. The summed E-state index contributed by atoms with van der Waals surface area (Å²) >= 11 is 0. The van der Waals surface area contributed by atoms with Crippen molar-refractivity contribution >= 4 is 5.84 Å². The second-order valence-corrected chi connectivity index (χ2v) is 5.46. The lowest BCUT2D eigenvalue weighted by Gasteiger charge is -2.24. The fourth-order valence-corrected chi connectivity index (χ4v) is 3.06. The fraction of sp³-hybridized carbons (Fsp3) is 0.923. The van der Waals surface area contributed by atoms with E-state index in [1.54, 1.807) is 0 Å². The number of aliphatic imine (C=N–C) groups is 1. The van der Waals surface area contributed by atoms with Gasteiger partial charge in [0.15, 0.2) is 0 Å². The standard InChI is InChI=1S/C13H24N2/c1-10-5-4-8-12(9-10)15-13(14)11-6-2-3-7-11/h10-12H,2-9H2,1H3,(H2,14,15). The minimum atomic E-state index is 0.536. The number of rotatable bonds is 2. The van der Waals surface area contributed by atoms with Crippen LogP contribution in [0.25, 0.3) is 0 Å². The smallest absolute Gasteiger partial charge is 0.0971 e. The van der Waals surface area contributed by atoms with E-state index in [9.17, 15) is 0 Å². The van der Waals surface area contributed by atoms with Crippen molar-refractivity contribution in [3.05, 3.63) is 0 Å². The lowest BCUT2D eigenvalue weighted by atomic mass is 9.87. The van der Waals surface area contributed by atoms with Gasteiger partial charge in [0.05, 0.1) is 11.9 Å². The highest BCUT2D eigenvalue weighted by Crippen LogP contribution is 2.28. The molecule has 2 heteroatoms. The number of nitrogens with zero attached hydrogens (tertiary/aromatic N) is 1. The van der Waals surface area contributed by atoms with Crippen LogP contribution in [0.5, 0.6) is 0 Å². The minimum Gasteiger partial charge on any atom is -0.387 e. The molecule has 0 spiro atoms. The first kappa shape index (κ1) is 11.0. The Balaban J connectivity index is 1.89. The lowest BCUT2D eigenvalue weighted by molar-refractivity contribution is 0.344. The van der Waals surface area contributed by atoms with E-state index >= 15 is 0 Å². The predicted octanol–water partition coefficient (Wildman–Crippen LogP) is 3.11. The van der Waals surface area contributed by atoms with Gasteiger partial charge < -0.3 is 5.73 Å². The Morgan fingerprint density at radius 2 is 1.80 bits per heavy atom. The van der Waals surface area contributed by atoms with Gasteiger partial charge >= 0.3 is 0 Å². The first-order valence-corrected chi connectivity index (χ1v) is 6.59. The predicted molar refractivity (Wildman–Crippen MR) is 65.0 cm³/mol. The van der Waals surface area contributed by atoms with Gasteiger partial charge in [-0.2, -0.15) is 0 Å². The van der Waals surface area contributed by atoms with E-state index in [1.165, 1.54) is 51.4 Å². The zero-order valence-electron chi connectivity index (χ0n) is 9.91. The molecule has 2 nitrogen and oxygen atoms in total. The van der Waals surface area contributed by atoms with Crippen LogP contribution in [0.2, 0.25) is 0 Å². The molecular formula is C13H24N2. The summed E-state index contributed by atoms with van der Waals surface area (Å²) in [6, 6.07) is 0.536. The molecule has 0 saturated heterocycles. The molecule has 2 atom stereocenters. The van der Waals surface area contributed by atoms with Gasteiger partial charge in [0.25, 0.3) is 0 Å². The summed E-state index contributed by atoms with van der Waals surface area (Å²) in [6.45, 7) is 2.34. The van der Waals surface area contributed by atoms with Crippen molar-refractivity contribution in [1.29, 1.82) is 0 Å². The number of hydrogen-bond donors (Lipinski definition) is 1. The van der Waals surface area contributed by atoms with E-state index in [-0.39, 0.29) is 0 Å². The van der Waals surface area contributed by atoms with E-state index in [2.05, 4.69) is 6.92 Å². The molecule has 0 radical (unpaired) electrons. The summed E-state index contributed by atoms with van der Waals surface area (Å²) in [7, 11) is 0. The van der Waals surface area contributed by atoms with Gasteiger partial charge in [-0.05, 0) is 31.6 Å². The molecule has 2 rings (SSSR count). The Kier molecular flexibility index (Phi) is 3.66. The Labute approximate surface area is 93.3 Å². The molecule has 86 valence electrons. The van der Waals surface area contributed by atoms with Crippen molar-refractivity contribution in [1.82, 2.24) is 0 Å². The van der Waals surface area contributed by atoms with E-state index in [0.717, 1.165) is 11.8 Å². The summed E-state index contributed by atoms with van der Waals surface area (Å²) in [6.07, 6.45) is 10.5. The van der Waals surface area contributed by atoms with Gasteiger partial charge in [-0.1, -0.05) is 32.6 Å². The van der Waals surface area contributed by atoms with Gasteiger partial charge in [0.1, 0.15) is 0 Å². The number of hydrogen-bond acceptors (Lipinski definition) is 1. The van der Waals surface area contributed by atoms with Gasteiger partial charge in [-0.15, -0.1) is 0 Å². The average Bonchev–Trinajstić information content (AvgIpc) is 2.70. The Hall–Kier alpha value is -0.530. The largest absolute Gasteiger partial charge is 0.387 e. The van der Waals surface area contributed by atoms with E-state index in [1.807, 2.05) is 0 Å². The number of nitrogens with two attached hydrogens (primary N) is 1. The van der Waals surface area contributed by atoms with Crippen molar-refractivity contribution in [3.8, 4) is 0 Å². The Morgan fingerprint density at radius 1 is 1.07 bits per heavy atom. The second kappa shape index (κ2) is 5.00. The third-order valence-electron chi connectivity index (χ3n) is 4.01. The van der Waals surface area contributed by atoms with Gasteiger partial charge in [0.2, 0.25) is 0 Å². The van der Waals surface area contributed by atoms with Crippen LogP contribution in [0.15, 0.2) is 4.99 Å². The van der Waals surface area contributed by atoms with E-state index in [0.29, 0.717) is 12.0 Å². The monoisotopic (exact) mass is 208 g/mol. The molecule has 2 aliphatic carbocycles. The maximum Gasteiger partial charge on any atom is 0.0971 e. The molecule has 0 aromatic carbocycles. The molecular weight excluding hydrogens is 184 g/mol. The average molecular weight is 208 g/mol. The van der Waals surface area contributed by atoms with Crippen LogP contribution in [0.3, 0.4) is 0 Å². The molecule has 15 heavy (non-hydrogen) atoms. The summed E-state index contributed by atoms with van der Waals surface area (Å²) < 4.78 is 0. The first-order valence-electron chi connectivity index (χ1n) is 6.59. The summed E-state index contributed by atoms with van der Waals surface area (Å²) in [5, 5.41) is 0. The van der Waals surface area contributed by atoms with Crippen molar-refractivity contribution in [2.45, 2.75) is 64.3 Å². The van der Waals surface area contributed by atoms with Crippen LogP contribution < -0.4 is 5.73 Å². The van der Waals surface area contributed by atoms with Gasteiger partial charge in [-0.25, -0.2) is 0 Å². The topological polar surface area (TPSA) is 38.4 Å². The molecule has 0 heterocycles. The maximum absolute atomic E-state index is 6.11. The van der Waals surface area contributed by atoms with E-state index < -0.39 is 0 Å². The molecule has 0 bridgehead atoms. The fourth-order valence-electron chi connectivity index (χ4n) is 3.06. The van der Waals surface area contributed by atoms with Crippen LogP contribution in [0, 0.1) is 11.8 Å². The van der Waals surface area contributed by atoms with Crippen molar-refractivity contribution in [2.75, 3.05) is 0 Å². The normalized spacial score (nSPS) is 34.6. The minimum absolute atomic E-state index is 0.536. The van der Waals surface area contributed by atoms with Crippen molar-refractivity contribution in [3.63, 3.8) is 0 Å². The first-order chi connectivity index (χ1) is 7.25. The quantitative estimate of drug-likeness (QED) is 0.549. The highest BCUT2D eigenvalue weighted by Gasteiger charge is 2.22. The Morgan fingerprint density at radius 3 is 2.47 bits per heavy atom. The van der Waals surface area contributed by atoms with Gasteiger partial charge in [-0.3, -0.25) is 4.99 Å². The number of amidine groups is 1. The SMILES string of the molecule is CC1CCCC(N=C(N)C2CCCC2)C1. The van der Waals surface area contributed by atoms with Crippen LogP contribution >= 0.6 is 0 Å². The van der Waals surface area contributed by atoms with Crippen LogP contribution in [-0.4, -0.2) is 11.9 Å². The molecule has 2 saturated carbocycles. The molecule has 2 unspecified atom stereocenters. The lowest BCUT2D eigenvalue weighted by Crippen LogP contribution is -2.26. The summed E-state index contributed by atoms with van der Waals surface area (Å²) in [5.41, 5.74) is 6.11. The second-order valence-electron chi connectivity index (χ2n) is 5.46. The highest BCUT2D eigenvalue weighted by molar-refractivity contribution is 5.83. The van der Waals surface area contributed by atoms with E-state index in [4.69, 9.17) is 10.7 Å². The van der Waals surface area contributed by atoms with Crippen molar-refractivity contribution in [2.24, 2.45) is 22.6 Å².